The zero-order valence-electron chi connectivity index (χ0n) is 14.4. The Bertz CT molecular complexity index is 1020. The number of benzene rings is 2. The molecule has 0 bridgehead atoms. The first-order valence-corrected chi connectivity index (χ1v) is 8.99. The summed E-state index contributed by atoms with van der Waals surface area (Å²) in [6, 6.07) is 16.4. The summed E-state index contributed by atoms with van der Waals surface area (Å²) in [6.45, 7) is 0. The van der Waals surface area contributed by atoms with E-state index in [0.717, 1.165) is 5.56 Å². The Morgan fingerprint density at radius 1 is 1.07 bits per heavy atom. The van der Waals surface area contributed by atoms with Crippen LogP contribution >= 0.6 is 11.6 Å². The molecule has 1 N–H and O–H groups in total. The van der Waals surface area contributed by atoms with E-state index in [0.29, 0.717) is 34.7 Å². The molecule has 0 spiro atoms. The first-order chi connectivity index (χ1) is 13.1. The van der Waals surface area contributed by atoms with Crippen LogP contribution in [-0.2, 0) is 6.42 Å². The molecule has 0 saturated heterocycles. The van der Waals surface area contributed by atoms with E-state index in [2.05, 4.69) is 15.3 Å². The molecule has 1 atom stereocenters. The molecule has 0 saturated carbocycles. The second-order valence-electron chi connectivity index (χ2n) is 6.46. The van der Waals surface area contributed by atoms with Gasteiger partial charge in [0.1, 0.15) is 0 Å². The number of rotatable bonds is 3. The predicted molar refractivity (Wildman–Crippen MR) is 103 cm³/mol. The third-order valence-electron chi connectivity index (χ3n) is 4.62. The third-order valence-corrected chi connectivity index (χ3v) is 4.86. The molecule has 1 aliphatic rings. The van der Waals surface area contributed by atoms with Crippen LogP contribution in [0.3, 0.4) is 0 Å². The van der Waals surface area contributed by atoms with Crippen molar-refractivity contribution in [2.24, 2.45) is 0 Å². The van der Waals surface area contributed by atoms with Gasteiger partial charge in [0.15, 0.2) is 5.78 Å². The van der Waals surface area contributed by atoms with Crippen LogP contribution in [-0.4, -0.2) is 21.7 Å². The van der Waals surface area contributed by atoms with E-state index in [9.17, 15) is 9.59 Å². The van der Waals surface area contributed by atoms with E-state index in [1.54, 1.807) is 24.3 Å². The highest BCUT2D eigenvalue weighted by Gasteiger charge is 2.28. The van der Waals surface area contributed by atoms with Gasteiger partial charge >= 0.3 is 0 Å². The number of Topliss-reactive ketones (excluding diaryl/α,β-unsaturated/α-hetero) is 1. The van der Waals surface area contributed by atoms with Crippen molar-refractivity contribution in [1.82, 2.24) is 9.97 Å². The lowest BCUT2D eigenvalue weighted by atomic mass is 9.82. The van der Waals surface area contributed by atoms with Crippen LogP contribution < -0.4 is 5.32 Å². The van der Waals surface area contributed by atoms with Crippen molar-refractivity contribution in [3.63, 3.8) is 0 Å². The predicted octanol–water partition coefficient (Wildman–Crippen LogP) is 4.30. The fraction of sp³-hybridized carbons (Fsp3) is 0.143. The van der Waals surface area contributed by atoms with Gasteiger partial charge in [0.25, 0.3) is 5.91 Å². The number of hydrogen-bond acceptors (Lipinski definition) is 4. The molecule has 0 aliphatic heterocycles. The van der Waals surface area contributed by atoms with Crippen LogP contribution in [0.4, 0.5) is 5.95 Å². The summed E-state index contributed by atoms with van der Waals surface area (Å²) in [7, 11) is 0. The minimum Gasteiger partial charge on any atom is -0.294 e. The minimum absolute atomic E-state index is 0.00200. The SMILES string of the molecule is O=C(Nc1ncc2c(n1)CC(c1cccc(Cl)c1)CC2=O)c1ccccc1. The molecule has 27 heavy (non-hydrogen) atoms. The second kappa shape index (κ2) is 7.29. The van der Waals surface area contributed by atoms with Crippen LogP contribution in [0, 0.1) is 0 Å². The lowest BCUT2D eigenvalue weighted by Gasteiger charge is -2.23. The average Bonchev–Trinajstić information content (AvgIpc) is 2.68. The monoisotopic (exact) mass is 377 g/mol. The summed E-state index contributed by atoms with van der Waals surface area (Å²) in [5, 5.41) is 3.34. The zero-order valence-corrected chi connectivity index (χ0v) is 15.1. The quantitative estimate of drug-likeness (QED) is 0.738. The van der Waals surface area contributed by atoms with Gasteiger partial charge < -0.3 is 0 Å². The van der Waals surface area contributed by atoms with Crippen LogP contribution in [0.25, 0.3) is 0 Å². The molecule has 1 amide bonds. The van der Waals surface area contributed by atoms with Crippen LogP contribution in [0.1, 0.15) is 44.3 Å². The molecule has 0 fully saturated rings. The summed E-state index contributed by atoms with van der Waals surface area (Å²) < 4.78 is 0. The number of hydrogen-bond donors (Lipinski definition) is 1. The Labute approximate surface area is 161 Å². The van der Waals surface area contributed by atoms with Gasteiger partial charge in [0.2, 0.25) is 5.95 Å². The molecule has 134 valence electrons. The van der Waals surface area contributed by atoms with Crippen molar-refractivity contribution >= 4 is 29.2 Å². The number of halogens is 1. The first kappa shape index (κ1) is 17.4. The molecule has 4 rings (SSSR count). The van der Waals surface area contributed by atoms with E-state index < -0.39 is 0 Å². The summed E-state index contributed by atoms with van der Waals surface area (Å²) in [4.78, 5) is 33.4. The van der Waals surface area contributed by atoms with Gasteiger partial charge in [-0.2, -0.15) is 0 Å². The lowest BCUT2D eigenvalue weighted by molar-refractivity contribution is 0.0962. The highest BCUT2D eigenvalue weighted by atomic mass is 35.5. The summed E-state index contributed by atoms with van der Waals surface area (Å²) in [5.41, 5.74) is 2.70. The number of anilines is 1. The van der Waals surface area contributed by atoms with E-state index in [4.69, 9.17) is 11.6 Å². The van der Waals surface area contributed by atoms with Gasteiger partial charge in [-0.1, -0.05) is 41.9 Å². The van der Waals surface area contributed by atoms with Crippen molar-refractivity contribution in [1.29, 1.82) is 0 Å². The van der Waals surface area contributed by atoms with Crippen molar-refractivity contribution in [3.05, 3.63) is 88.2 Å². The molecule has 3 aromatic rings. The fourth-order valence-corrected chi connectivity index (χ4v) is 3.46. The standard InChI is InChI=1S/C21H16ClN3O2/c22-16-8-4-7-14(9-16)15-10-18-17(19(26)11-15)12-23-21(24-18)25-20(27)13-5-2-1-3-6-13/h1-9,12,15H,10-11H2,(H,23,24,25,27). The molecule has 1 aliphatic carbocycles. The van der Waals surface area contributed by atoms with E-state index in [1.807, 2.05) is 30.3 Å². The average molecular weight is 378 g/mol. The molecule has 6 heteroatoms. The van der Waals surface area contributed by atoms with Gasteiger partial charge in [-0.25, -0.2) is 9.97 Å². The van der Waals surface area contributed by atoms with Crippen LogP contribution in [0.2, 0.25) is 5.02 Å². The number of carbonyl (C=O) groups excluding carboxylic acids is 2. The number of nitrogens with one attached hydrogen (secondary N) is 1. The molecular formula is C21H16ClN3O2. The van der Waals surface area contributed by atoms with E-state index in [-0.39, 0.29) is 23.6 Å². The van der Waals surface area contributed by atoms with Crippen molar-refractivity contribution in [2.45, 2.75) is 18.8 Å². The fourth-order valence-electron chi connectivity index (χ4n) is 3.26. The number of aromatic nitrogens is 2. The first-order valence-electron chi connectivity index (χ1n) is 8.61. The molecule has 1 aromatic heterocycles. The van der Waals surface area contributed by atoms with Gasteiger partial charge in [0.05, 0.1) is 11.3 Å². The summed E-state index contributed by atoms with van der Waals surface area (Å²) in [6.07, 6.45) is 2.49. The Kier molecular flexibility index (Phi) is 4.69. The molecule has 2 aromatic carbocycles. The molecule has 1 heterocycles. The number of amides is 1. The Morgan fingerprint density at radius 3 is 2.67 bits per heavy atom. The van der Waals surface area contributed by atoms with Gasteiger partial charge in [0, 0.05) is 23.2 Å². The highest BCUT2D eigenvalue weighted by molar-refractivity contribution is 6.30. The number of ketones is 1. The Balaban J connectivity index is 1.59. The van der Waals surface area contributed by atoms with E-state index in [1.165, 1.54) is 6.20 Å². The van der Waals surface area contributed by atoms with Crippen LogP contribution in [0.5, 0.6) is 0 Å². The summed E-state index contributed by atoms with van der Waals surface area (Å²) in [5.74, 6) is -0.0790. The Morgan fingerprint density at radius 2 is 1.89 bits per heavy atom. The highest BCUT2D eigenvalue weighted by Crippen LogP contribution is 2.32. The zero-order chi connectivity index (χ0) is 18.8. The van der Waals surface area contributed by atoms with Crippen molar-refractivity contribution in [3.8, 4) is 0 Å². The molecule has 5 nitrogen and oxygen atoms in total. The Hall–Kier alpha value is -3.05. The van der Waals surface area contributed by atoms with Gasteiger partial charge in [-0.3, -0.25) is 14.9 Å². The maximum Gasteiger partial charge on any atom is 0.258 e. The van der Waals surface area contributed by atoms with Gasteiger partial charge in [-0.05, 0) is 42.2 Å². The normalized spacial score (nSPS) is 15.9. The van der Waals surface area contributed by atoms with E-state index >= 15 is 0 Å². The molecular weight excluding hydrogens is 362 g/mol. The third kappa shape index (κ3) is 3.73. The maximum absolute atomic E-state index is 12.5. The van der Waals surface area contributed by atoms with Gasteiger partial charge in [-0.15, -0.1) is 0 Å². The van der Waals surface area contributed by atoms with Crippen molar-refractivity contribution < 1.29 is 9.59 Å². The number of nitrogens with zero attached hydrogens (tertiary/aromatic N) is 2. The summed E-state index contributed by atoms with van der Waals surface area (Å²) >= 11 is 6.08. The molecule has 0 radical (unpaired) electrons. The van der Waals surface area contributed by atoms with Crippen molar-refractivity contribution in [2.75, 3.05) is 5.32 Å². The smallest absolute Gasteiger partial charge is 0.258 e. The lowest BCUT2D eigenvalue weighted by Crippen LogP contribution is -2.22. The van der Waals surface area contributed by atoms with Crippen LogP contribution in [0.15, 0.2) is 60.8 Å². The second-order valence-corrected chi connectivity index (χ2v) is 6.89. The molecule has 1 unspecified atom stereocenters. The number of fused-ring (bicyclic) bond motifs is 1. The minimum atomic E-state index is -0.288. The maximum atomic E-state index is 12.5. The topological polar surface area (TPSA) is 72.0 Å². The number of carbonyl (C=O) groups is 2. The largest absolute Gasteiger partial charge is 0.294 e.